The van der Waals surface area contributed by atoms with Crippen LogP contribution in [0.25, 0.3) is 0 Å². The minimum Gasteiger partial charge on any atom is -0.375 e. The second-order valence-corrected chi connectivity index (χ2v) is 6.16. The third-order valence-electron chi connectivity index (χ3n) is 4.07. The molecule has 2 heterocycles. The average Bonchev–Trinajstić information content (AvgIpc) is 2.44. The summed E-state index contributed by atoms with van der Waals surface area (Å²) in [6.07, 6.45) is -3.76. The summed E-state index contributed by atoms with van der Waals surface area (Å²) in [5, 5.41) is 2.58. The van der Waals surface area contributed by atoms with Gasteiger partial charge in [-0.25, -0.2) is 4.79 Å². The molecule has 0 bridgehead atoms. The first-order valence-electron chi connectivity index (χ1n) is 7.71. The number of morpholine rings is 1. The Morgan fingerprint density at radius 2 is 2.09 bits per heavy atom. The number of likely N-dealkylation sites (tertiary alicyclic amines) is 1. The summed E-state index contributed by atoms with van der Waals surface area (Å²) in [6.45, 7) is 3.24. The summed E-state index contributed by atoms with van der Waals surface area (Å²) in [6, 6.07) is -1.47. The fourth-order valence-corrected chi connectivity index (χ4v) is 2.87. The SMILES string of the molecule is C[C@@H]1CN(C(=O)N[C@@H]2CCCN(CC(F)(F)F)C2=O)[C@H](C)CO1. The first-order chi connectivity index (χ1) is 10.7. The van der Waals surface area contributed by atoms with E-state index in [0.29, 0.717) is 26.0 Å². The lowest BCUT2D eigenvalue weighted by molar-refractivity contribution is -0.164. The van der Waals surface area contributed by atoms with E-state index in [4.69, 9.17) is 4.74 Å². The number of urea groups is 1. The Bertz CT molecular complexity index is 458. The van der Waals surface area contributed by atoms with Crippen molar-refractivity contribution in [3.05, 3.63) is 0 Å². The fraction of sp³-hybridized carbons (Fsp3) is 0.857. The van der Waals surface area contributed by atoms with Gasteiger partial charge in [0.2, 0.25) is 5.91 Å². The van der Waals surface area contributed by atoms with E-state index in [1.807, 2.05) is 13.8 Å². The van der Waals surface area contributed by atoms with Crippen LogP contribution < -0.4 is 5.32 Å². The number of piperidine rings is 1. The van der Waals surface area contributed by atoms with Crippen molar-refractivity contribution in [1.29, 1.82) is 0 Å². The van der Waals surface area contributed by atoms with E-state index in [-0.39, 0.29) is 18.7 Å². The third kappa shape index (κ3) is 4.73. The number of hydrogen-bond acceptors (Lipinski definition) is 3. The molecule has 0 radical (unpaired) electrons. The Morgan fingerprint density at radius 3 is 2.74 bits per heavy atom. The van der Waals surface area contributed by atoms with Crippen LogP contribution in [0.4, 0.5) is 18.0 Å². The summed E-state index contributed by atoms with van der Waals surface area (Å²) in [5.74, 6) is -0.670. The number of amides is 3. The zero-order valence-corrected chi connectivity index (χ0v) is 13.2. The van der Waals surface area contributed by atoms with E-state index >= 15 is 0 Å². The van der Waals surface area contributed by atoms with Crippen LogP contribution in [0.3, 0.4) is 0 Å². The van der Waals surface area contributed by atoms with Crippen LogP contribution in [0.5, 0.6) is 0 Å². The molecule has 2 aliphatic rings. The number of carbonyl (C=O) groups is 2. The highest BCUT2D eigenvalue weighted by atomic mass is 19.4. The summed E-state index contributed by atoms with van der Waals surface area (Å²) >= 11 is 0. The summed E-state index contributed by atoms with van der Waals surface area (Å²) in [5.41, 5.74) is 0. The Balaban J connectivity index is 1.95. The van der Waals surface area contributed by atoms with E-state index in [9.17, 15) is 22.8 Å². The third-order valence-corrected chi connectivity index (χ3v) is 4.07. The lowest BCUT2D eigenvalue weighted by Gasteiger charge is -2.39. The zero-order valence-electron chi connectivity index (χ0n) is 13.2. The van der Waals surface area contributed by atoms with Gasteiger partial charge >= 0.3 is 12.2 Å². The average molecular weight is 337 g/mol. The number of alkyl halides is 3. The van der Waals surface area contributed by atoms with Gasteiger partial charge < -0.3 is 19.9 Å². The van der Waals surface area contributed by atoms with Gasteiger partial charge in [0.25, 0.3) is 0 Å². The maximum absolute atomic E-state index is 12.5. The van der Waals surface area contributed by atoms with Crippen molar-refractivity contribution in [1.82, 2.24) is 15.1 Å². The lowest BCUT2D eigenvalue weighted by Crippen LogP contribution is -2.59. The van der Waals surface area contributed by atoms with Crippen LogP contribution in [0, 0.1) is 0 Å². The number of hydrogen-bond donors (Lipinski definition) is 1. The molecule has 0 unspecified atom stereocenters. The second kappa shape index (κ2) is 6.94. The van der Waals surface area contributed by atoms with Gasteiger partial charge in [-0.3, -0.25) is 4.79 Å². The van der Waals surface area contributed by atoms with Gasteiger partial charge in [-0.1, -0.05) is 0 Å². The van der Waals surface area contributed by atoms with Crippen LogP contribution in [0.15, 0.2) is 0 Å². The second-order valence-electron chi connectivity index (χ2n) is 6.16. The number of nitrogens with one attached hydrogen (secondary N) is 1. The maximum Gasteiger partial charge on any atom is 0.406 e. The summed E-state index contributed by atoms with van der Waals surface area (Å²) in [4.78, 5) is 26.8. The number of carbonyl (C=O) groups excluding carboxylic acids is 2. The molecule has 0 aliphatic carbocycles. The molecule has 0 saturated carbocycles. The number of nitrogens with zero attached hydrogens (tertiary/aromatic N) is 2. The molecule has 0 aromatic carbocycles. The van der Waals surface area contributed by atoms with Gasteiger partial charge in [0.1, 0.15) is 12.6 Å². The van der Waals surface area contributed by atoms with Gasteiger partial charge in [0.15, 0.2) is 0 Å². The van der Waals surface area contributed by atoms with Gasteiger partial charge in [-0.05, 0) is 26.7 Å². The first kappa shape index (κ1) is 17.8. The smallest absolute Gasteiger partial charge is 0.375 e. The van der Waals surface area contributed by atoms with Crippen LogP contribution >= 0.6 is 0 Å². The van der Waals surface area contributed by atoms with E-state index < -0.39 is 30.7 Å². The molecule has 3 amide bonds. The Kier molecular flexibility index (Phi) is 5.38. The highest BCUT2D eigenvalue weighted by molar-refractivity contribution is 5.87. The fourth-order valence-electron chi connectivity index (χ4n) is 2.87. The molecule has 2 fully saturated rings. The van der Waals surface area contributed by atoms with Crippen molar-refractivity contribution in [2.24, 2.45) is 0 Å². The predicted molar refractivity (Wildman–Crippen MR) is 75.8 cm³/mol. The maximum atomic E-state index is 12.5. The molecule has 9 heteroatoms. The Labute approximate surface area is 132 Å². The van der Waals surface area contributed by atoms with Crippen LogP contribution in [-0.2, 0) is 9.53 Å². The normalized spacial score (nSPS) is 29.6. The molecule has 132 valence electrons. The standard InChI is InChI=1S/C14H22F3N3O3/c1-9-7-23-10(2)6-20(9)13(22)18-11-4-3-5-19(12(11)21)8-14(15,16)17/h9-11H,3-8H2,1-2H3,(H,18,22)/t9-,10-,11-/m1/s1. The van der Waals surface area contributed by atoms with E-state index in [2.05, 4.69) is 5.32 Å². The number of halogens is 3. The summed E-state index contributed by atoms with van der Waals surface area (Å²) < 4.78 is 42.9. The van der Waals surface area contributed by atoms with Crippen LogP contribution in [0.1, 0.15) is 26.7 Å². The Hall–Kier alpha value is -1.51. The van der Waals surface area contributed by atoms with Gasteiger partial charge in [-0.2, -0.15) is 13.2 Å². The molecule has 2 rings (SSSR count). The largest absolute Gasteiger partial charge is 0.406 e. The van der Waals surface area contributed by atoms with Crippen molar-refractivity contribution >= 4 is 11.9 Å². The molecule has 2 aliphatic heterocycles. The van der Waals surface area contributed by atoms with Crippen LogP contribution in [-0.4, -0.2) is 72.3 Å². The van der Waals surface area contributed by atoms with Gasteiger partial charge in [0, 0.05) is 13.1 Å². The Morgan fingerprint density at radius 1 is 1.39 bits per heavy atom. The van der Waals surface area contributed by atoms with Gasteiger partial charge in [-0.15, -0.1) is 0 Å². The van der Waals surface area contributed by atoms with E-state index in [1.54, 1.807) is 4.90 Å². The quantitative estimate of drug-likeness (QED) is 0.828. The minimum atomic E-state index is -4.43. The van der Waals surface area contributed by atoms with E-state index in [1.165, 1.54) is 0 Å². The number of rotatable bonds is 2. The molecule has 23 heavy (non-hydrogen) atoms. The molecule has 2 saturated heterocycles. The first-order valence-corrected chi connectivity index (χ1v) is 7.71. The topological polar surface area (TPSA) is 61.9 Å². The lowest BCUT2D eigenvalue weighted by atomic mass is 10.0. The molecule has 1 N–H and O–H groups in total. The van der Waals surface area contributed by atoms with E-state index in [0.717, 1.165) is 4.90 Å². The molecule has 0 spiro atoms. The highest BCUT2D eigenvalue weighted by Crippen LogP contribution is 2.21. The zero-order chi connectivity index (χ0) is 17.2. The molecule has 0 aromatic heterocycles. The molecular formula is C14H22F3N3O3. The van der Waals surface area contributed by atoms with Crippen molar-refractivity contribution < 1.29 is 27.5 Å². The van der Waals surface area contributed by atoms with Crippen molar-refractivity contribution in [2.75, 3.05) is 26.2 Å². The van der Waals surface area contributed by atoms with Crippen molar-refractivity contribution in [3.8, 4) is 0 Å². The van der Waals surface area contributed by atoms with Crippen molar-refractivity contribution in [3.63, 3.8) is 0 Å². The van der Waals surface area contributed by atoms with Crippen molar-refractivity contribution in [2.45, 2.75) is 51.1 Å². The minimum absolute atomic E-state index is 0.0652. The van der Waals surface area contributed by atoms with Crippen LogP contribution in [0.2, 0.25) is 0 Å². The monoisotopic (exact) mass is 337 g/mol. The molecule has 0 aromatic rings. The van der Waals surface area contributed by atoms with Gasteiger partial charge in [0.05, 0.1) is 18.8 Å². The number of ether oxygens (including phenoxy) is 1. The molecule has 6 nitrogen and oxygen atoms in total. The molecule has 3 atom stereocenters. The summed E-state index contributed by atoms with van der Waals surface area (Å²) in [7, 11) is 0. The molecular weight excluding hydrogens is 315 g/mol. The predicted octanol–water partition coefficient (Wildman–Crippen LogP) is 1.36. The highest BCUT2D eigenvalue weighted by Gasteiger charge is 2.38.